The average molecular weight is 557 g/mol. The quantitative estimate of drug-likeness (QED) is 0.169. The Kier molecular flexibility index (Phi) is 12.4. The summed E-state index contributed by atoms with van der Waals surface area (Å²) in [5.74, 6) is -1.44. The molecule has 0 heterocycles. The molecule has 3 amide bonds. The van der Waals surface area contributed by atoms with Gasteiger partial charge in [0.15, 0.2) is 0 Å². The number of ether oxygens (including phenoxy) is 3. The van der Waals surface area contributed by atoms with Gasteiger partial charge in [0.2, 0.25) is 5.96 Å². The Bertz CT molecular complexity index is 1090. The fourth-order valence-electron chi connectivity index (χ4n) is 3.24. The summed E-state index contributed by atoms with van der Waals surface area (Å²) in [6, 6.07) is 16.9. The van der Waals surface area contributed by atoms with E-state index in [2.05, 4.69) is 15.6 Å². The van der Waals surface area contributed by atoms with Crippen molar-refractivity contribution < 1.29 is 38.5 Å². The Hall–Kier alpha value is -4.61. The third kappa shape index (κ3) is 12.3. The summed E-state index contributed by atoms with van der Waals surface area (Å²) in [6.45, 7) is 5.05. The molecule has 0 aliphatic carbocycles. The second-order valence-electron chi connectivity index (χ2n) is 9.69. The van der Waals surface area contributed by atoms with Crippen LogP contribution in [0.3, 0.4) is 0 Å². The number of aliphatic imine (C=N–C) groups is 1. The summed E-state index contributed by atoms with van der Waals surface area (Å²) in [4.78, 5) is 54.0. The number of carboxylic acids is 1. The topological polar surface area (TPSA) is 156 Å². The molecule has 0 spiro atoms. The van der Waals surface area contributed by atoms with Crippen LogP contribution in [0.2, 0.25) is 0 Å². The molecule has 0 saturated heterocycles. The van der Waals surface area contributed by atoms with E-state index in [0.29, 0.717) is 0 Å². The highest BCUT2D eigenvalue weighted by Crippen LogP contribution is 2.13. The van der Waals surface area contributed by atoms with Crippen molar-refractivity contribution in [3.05, 3.63) is 71.8 Å². The lowest BCUT2D eigenvalue weighted by Gasteiger charge is -2.28. The first-order valence-electron chi connectivity index (χ1n) is 12.6. The molecule has 12 heteroatoms. The largest absolute Gasteiger partial charge is 0.480 e. The van der Waals surface area contributed by atoms with Gasteiger partial charge in [-0.3, -0.25) is 20.5 Å². The molecule has 1 atom stereocenters. The monoisotopic (exact) mass is 556 g/mol. The molecule has 0 aliphatic rings. The third-order valence-corrected chi connectivity index (χ3v) is 5.21. The Morgan fingerprint density at radius 3 is 1.77 bits per heavy atom. The van der Waals surface area contributed by atoms with Gasteiger partial charge < -0.3 is 19.3 Å². The Morgan fingerprint density at radius 1 is 0.875 bits per heavy atom. The van der Waals surface area contributed by atoms with Gasteiger partial charge in [-0.2, -0.15) is 0 Å². The lowest BCUT2D eigenvalue weighted by Crippen LogP contribution is -2.45. The number of benzene rings is 2. The molecule has 216 valence electrons. The van der Waals surface area contributed by atoms with Gasteiger partial charge in [-0.25, -0.2) is 19.2 Å². The van der Waals surface area contributed by atoms with Crippen LogP contribution < -0.4 is 10.6 Å². The summed E-state index contributed by atoms with van der Waals surface area (Å²) < 4.78 is 15.6. The van der Waals surface area contributed by atoms with Crippen molar-refractivity contribution in [2.75, 3.05) is 13.6 Å². The predicted octanol–water partition coefficient (Wildman–Crippen LogP) is 4.30. The number of alkyl carbamates (subject to hydrolysis) is 2. The van der Waals surface area contributed by atoms with E-state index < -0.39 is 35.9 Å². The lowest BCUT2D eigenvalue weighted by atomic mass is 10.1. The van der Waals surface area contributed by atoms with E-state index in [4.69, 9.17) is 14.2 Å². The first-order valence-corrected chi connectivity index (χ1v) is 12.6. The van der Waals surface area contributed by atoms with E-state index in [1.54, 1.807) is 69.3 Å². The number of nitrogens with zero attached hydrogens (tertiary/aromatic N) is 2. The number of aliphatic carboxylic acids is 1. The Morgan fingerprint density at radius 2 is 1.35 bits per heavy atom. The number of carbonyl (C=O) groups is 4. The van der Waals surface area contributed by atoms with Crippen LogP contribution >= 0.6 is 0 Å². The van der Waals surface area contributed by atoms with Crippen molar-refractivity contribution in [1.82, 2.24) is 15.5 Å². The number of carboxylic acid groups (broad SMARTS) is 1. The number of hydrogen-bond acceptors (Lipinski definition) is 8. The maximum Gasteiger partial charge on any atom is 0.414 e. The molecule has 12 nitrogen and oxygen atoms in total. The number of hydrogen-bond donors (Lipinski definition) is 3. The van der Waals surface area contributed by atoms with Gasteiger partial charge in [-0.15, -0.1) is 0 Å². The normalized spacial score (nSPS) is 11.4. The Balaban J connectivity index is 2.00. The van der Waals surface area contributed by atoms with Crippen molar-refractivity contribution in [3.63, 3.8) is 0 Å². The second kappa shape index (κ2) is 15.7. The van der Waals surface area contributed by atoms with Crippen molar-refractivity contribution in [3.8, 4) is 0 Å². The van der Waals surface area contributed by atoms with Gasteiger partial charge in [-0.1, -0.05) is 60.7 Å². The van der Waals surface area contributed by atoms with Crippen molar-refractivity contribution >= 4 is 30.2 Å². The van der Waals surface area contributed by atoms with Gasteiger partial charge in [0.05, 0.1) is 0 Å². The SMILES string of the molecule is CN(C(=O)OC(C)(C)C)[C@@H](CCCN=C(NC(=O)OCc1ccccc1)NC(=O)OCc1ccccc1)C(=O)O. The van der Waals surface area contributed by atoms with E-state index in [0.717, 1.165) is 16.0 Å². The summed E-state index contributed by atoms with van der Waals surface area (Å²) in [6.07, 6.45) is -2.25. The van der Waals surface area contributed by atoms with Crippen LogP contribution in [0.15, 0.2) is 65.7 Å². The molecule has 0 saturated carbocycles. The molecule has 0 aromatic heterocycles. The maximum absolute atomic E-state index is 12.4. The zero-order valence-corrected chi connectivity index (χ0v) is 23.1. The zero-order chi connectivity index (χ0) is 29.5. The minimum Gasteiger partial charge on any atom is -0.480 e. The number of rotatable bonds is 10. The van der Waals surface area contributed by atoms with Crippen LogP contribution in [-0.2, 0) is 32.2 Å². The predicted molar refractivity (Wildman–Crippen MR) is 146 cm³/mol. The highest BCUT2D eigenvalue weighted by Gasteiger charge is 2.29. The molecule has 2 rings (SSSR count). The summed E-state index contributed by atoms with van der Waals surface area (Å²) in [5.41, 5.74) is 0.746. The smallest absolute Gasteiger partial charge is 0.414 e. The number of likely N-dealkylation sites (N-methyl/N-ethyl adjacent to an activating group) is 1. The highest BCUT2D eigenvalue weighted by atomic mass is 16.6. The van der Waals surface area contributed by atoms with Gasteiger partial charge in [-0.05, 0) is 44.7 Å². The van der Waals surface area contributed by atoms with Crippen LogP contribution in [0.25, 0.3) is 0 Å². The average Bonchev–Trinajstić information content (AvgIpc) is 2.90. The van der Waals surface area contributed by atoms with E-state index in [-0.39, 0.29) is 38.6 Å². The molecular weight excluding hydrogens is 520 g/mol. The molecule has 2 aromatic rings. The van der Waals surface area contributed by atoms with Gasteiger partial charge in [0.1, 0.15) is 24.9 Å². The fraction of sp³-hybridized carbons (Fsp3) is 0.393. The number of carbonyl (C=O) groups excluding carboxylic acids is 3. The first kappa shape index (κ1) is 31.6. The van der Waals surface area contributed by atoms with Gasteiger partial charge in [0, 0.05) is 13.6 Å². The van der Waals surface area contributed by atoms with Crippen LogP contribution in [0.1, 0.15) is 44.7 Å². The van der Waals surface area contributed by atoms with Crippen LogP contribution in [0.5, 0.6) is 0 Å². The highest BCUT2D eigenvalue weighted by molar-refractivity contribution is 6.01. The molecule has 40 heavy (non-hydrogen) atoms. The van der Waals surface area contributed by atoms with E-state index >= 15 is 0 Å². The molecule has 3 N–H and O–H groups in total. The molecule has 0 fully saturated rings. The standard InChI is InChI=1S/C28H36N4O8/c1-28(2,3)40-27(37)32(4)22(23(33)34)16-11-17-29-24(30-25(35)38-18-20-12-7-5-8-13-20)31-26(36)39-19-21-14-9-6-10-15-21/h5-10,12-15,22H,11,16-19H2,1-4H3,(H,33,34)(H2,29,30,31,35,36)/t22-/m0/s1. The number of amides is 3. The number of nitrogens with one attached hydrogen (secondary N) is 2. The van der Waals surface area contributed by atoms with Crippen molar-refractivity contribution in [2.24, 2.45) is 4.99 Å². The molecular formula is C28H36N4O8. The van der Waals surface area contributed by atoms with Gasteiger partial charge in [0.25, 0.3) is 0 Å². The van der Waals surface area contributed by atoms with E-state index in [9.17, 15) is 24.3 Å². The minimum atomic E-state index is -1.21. The first-order chi connectivity index (χ1) is 18.9. The fourth-order valence-corrected chi connectivity index (χ4v) is 3.24. The number of guanidine groups is 1. The molecule has 0 radical (unpaired) electrons. The van der Waals surface area contributed by atoms with E-state index in [1.807, 2.05) is 12.1 Å². The summed E-state index contributed by atoms with van der Waals surface area (Å²) in [5, 5.41) is 14.4. The lowest BCUT2D eigenvalue weighted by molar-refractivity contribution is -0.142. The maximum atomic E-state index is 12.4. The molecule has 2 aromatic carbocycles. The summed E-state index contributed by atoms with van der Waals surface area (Å²) in [7, 11) is 1.34. The molecule has 0 bridgehead atoms. The Labute approximate surface area is 233 Å². The van der Waals surface area contributed by atoms with Crippen LogP contribution in [0, 0.1) is 0 Å². The van der Waals surface area contributed by atoms with Gasteiger partial charge >= 0.3 is 24.2 Å². The van der Waals surface area contributed by atoms with Crippen LogP contribution in [0.4, 0.5) is 14.4 Å². The molecule has 0 aliphatic heterocycles. The second-order valence-corrected chi connectivity index (χ2v) is 9.69. The van der Waals surface area contributed by atoms with Crippen molar-refractivity contribution in [1.29, 1.82) is 0 Å². The van der Waals surface area contributed by atoms with Crippen LogP contribution in [-0.4, -0.2) is 65.5 Å². The molecule has 0 unspecified atom stereocenters. The minimum absolute atomic E-state index is 0.00427. The zero-order valence-electron chi connectivity index (χ0n) is 23.1. The summed E-state index contributed by atoms with van der Waals surface area (Å²) >= 11 is 0. The third-order valence-electron chi connectivity index (χ3n) is 5.21. The van der Waals surface area contributed by atoms with Crippen molar-refractivity contribution in [2.45, 2.75) is 58.5 Å². The van der Waals surface area contributed by atoms with E-state index in [1.165, 1.54) is 7.05 Å².